The van der Waals surface area contributed by atoms with E-state index in [4.69, 9.17) is 5.11 Å². The molecule has 26 heavy (non-hydrogen) atoms. The van der Waals surface area contributed by atoms with Crippen molar-refractivity contribution in [1.29, 1.82) is 0 Å². The van der Waals surface area contributed by atoms with Crippen molar-refractivity contribution in [2.45, 2.75) is 19.3 Å². The van der Waals surface area contributed by atoms with Crippen LogP contribution in [0.25, 0.3) is 0 Å². The average Bonchev–Trinajstić information content (AvgIpc) is 3.12. The molecular weight excluding hydrogens is 334 g/mol. The highest BCUT2D eigenvalue weighted by Gasteiger charge is 2.27. The number of anilines is 1. The molecule has 2 N–H and O–H groups in total. The van der Waals surface area contributed by atoms with Crippen LogP contribution in [0.2, 0.25) is 0 Å². The summed E-state index contributed by atoms with van der Waals surface area (Å²) in [6.07, 6.45) is 4.45. The van der Waals surface area contributed by atoms with Crippen LogP contribution in [0.15, 0.2) is 17.1 Å². The third-order valence-electron chi connectivity index (χ3n) is 5.54. The lowest BCUT2D eigenvalue weighted by atomic mass is 9.95. The SMILES string of the molecule is Cn1ncc(N2CCC(CNC(=O)C3CCN(CCO)CC3)C2)cc1=O. The van der Waals surface area contributed by atoms with Crippen molar-refractivity contribution in [2.24, 2.45) is 18.9 Å². The Bertz CT molecular complexity index is 669. The summed E-state index contributed by atoms with van der Waals surface area (Å²) < 4.78 is 1.32. The van der Waals surface area contributed by atoms with Crippen LogP contribution >= 0.6 is 0 Å². The second-order valence-electron chi connectivity index (χ2n) is 7.36. The van der Waals surface area contributed by atoms with Crippen LogP contribution in [-0.4, -0.2) is 71.6 Å². The van der Waals surface area contributed by atoms with E-state index in [1.54, 1.807) is 19.3 Å². The van der Waals surface area contributed by atoms with Gasteiger partial charge in [0.1, 0.15) is 0 Å². The van der Waals surface area contributed by atoms with Crippen molar-refractivity contribution in [2.75, 3.05) is 50.8 Å². The second-order valence-corrected chi connectivity index (χ2v) is 7.36. The molecule has 0 radical (unpaired) electrons. The number of aliphatic hydroxyl groups excluding tert-OH is 1. The Morgan fingerprint density at radius 1 is 1.31 bits per heavy atom. The normalized spacial score (nSPS) is 21.9. The lowest BCUT2D eigenvalue weighted by Crippen LogP contribution is -2.42. The van der Waals surface area contributed by atoms with Crippen molar-refractivity contribution in [3.63, 3.8) is 0 Å². The highest BCUT2D eigenvalue weighted by molar-refractivity contribution is 5.78. The quantitative estimate of drug-likeness (QED) is 0.703. The molecule has 2 saturated heterocycles. The molecule has 0 aromatic carbocycles. The van der Waals surface area contributed by atoms with Crippen LogP contribution in [0.4, 0.5) is 5.69 Å². The highest BCUT2D eigenvalue weighted by Crippen LogP contribution is 2.22. The van der Waals surface area contributed by atoms with E-state index in [1.165, 1.54) is 4.68 Å². The first-order valence-electron chi connectivity index (χ1n) is 9.46. The number of carbonyl (C=O) groups is 1. The zero-order chi connectivity index (χ0) is 18.5. The molecule has 2 aliphatic rings. The summed E-state index contributed by atoms with van der Waals surface area (Å²) in [5, 5.41) is 16.2. The Balaban J connectivity index is 1.42. The lowest BCUT2D eigenvalue weighted by Gasteiger charge is -2.30. The maximum Gasteiger partial charge on any atom is 0.268 e. The van der Waals surface area contributed by atoms with Gasteiger partial charge < -0.3 is 20.2 Å². The number of likely N-dealkylation sites (tertiary alicyclic amines) is 1. The molecule has 8 heteroatoms. The fourth-order valence-corrected chi connectivity index (χ4v) is 3.82. The second kappa shape index (κ2) is 8.64. The number of aryl methyl sites for hydroxylation is 1. The molecule has 3 heterocycles. The van der Waals surface area contributed by atoms with Crippen molar-refractivity contribution >= 4 is 11.6 Å². The maximum atomic E-state index is 12.4. The molecule has 0 saturated carbocycles. The molecule has 0 bridgehead atoms. The average molecular weight is 363 g/mol. The van der Waals surface area contributed by atoms with E-state index in [0.29, 0.717) is 19.0 Å². The first-order valence-corrected chi connectivity index (χ1v) is 9.46. The Labute approximate surface area is 153 Å². The van der Waals surface area contributed by atoms with Gasteiger partial charge in [-0.25, -0.2) is 4.68 Å². The summed E-state index contributed by atoms with van der Waals surface area (Å²) in [6, 6.07) is 1.62. The van der Waals surface area contributed by atoms with Gasteiger partial charge in [0, 0.05) is 45.2 Å². The standard InChI is InChI=1S/C18H29N5O3/c1-21-17(25)10-16(12-20-21)23-7-2-14(13-23)11-19-18(26)15-3-5-22(6-4-15)8-9-24/h10,12,14-15,24H,2-9,11,13H2,1H3,(H,19,26). The largest absolute Gasteiger partial charge is 0.395 e. The summed E-state index contributed by atoms with van der Waals surface area (Å²) in [6.45, 7) is 5.04. The minimum atomic E-state index is -0.105. The zero-order valence-corrected chi connectivity index (χ0v) is 15.4. The van der Waals surface area contributed by atoms with Crippen LogP contribution in [-0.2, 0) is 11.8 Å². The molecule has 1 unspecified atom stereocenters. The third-order valence-corrected chi connectivity index (χ3v) is 5.54. The van der Waals surface area contributed by atoms with Crippen molar-refractivity contribution in [3.8, 4) is 0 Å². The number of aromatic nitrogens is 2. The number of nitrogens with one attached hydrogen (secondary N) is 1. The number of hydrogen-bond acceptors (Lipinski definition) is 6. The Kier molecular flexibility index (Phi) is 6.26. The molecule has 1 atom stereocenters. The lowest BCUT2D eigenvalue weighted by molar-refractivity contribution is -0.126. The minimum Gasteiger partial charge on any atom is -0.395 e. The maximum absolute atomic E-state index is 12.4. The summed E-state index contributed by atoms with van der Waals surface area (Å²) >= 11 is 0. The van der Waals surface area contributed by atoms with Crippen LogP contribution < -0.4 is 15.8 Å². The molecule has 2 fully saturated rings. The van der Waals surface area contributed by atoms with E-state index in [0.717, 1.165) is 51.1 Å². The predicted molar refractivity (Wildman–Crippen MR) is 99.1 cm³/mol. The fraction of sp³-hybridized carbons (Fsp3) is 0.722. The number of β-amino-alcohol motifs (C(OH)–C–C–N with tert-alkyl or cyclic N) is 1. The van der Waals surface area contributed by atoms with Crippen LogP contribution in [0.1, 0.15) is 19.3 Å². The van der Waals surface area contributed by atoms with Gasteiger partial charge in [0.25, 0.3) is 5.56 Å². The van der Waals surface area contributed by atoms with Gasteiger partial charge in [0.15, 0.2) is 0 Å². The van der Waals surface area contributed by atoms with Gasteiger partial charge >= 0.3 is 0 Å². The minimum absolute atomic E-state index is 0.0868. The molecule has 8 nitrogen and oxygen atoms in total. The van der Waals surface area contributed by atoms with E-state index >= 15 is 0 Å². The molecule has 1 aromatic heterocycles. The van der Waals surface area contributed by atoms with Gasteiger partial charge in [-0.05, 0) is 38.3 Å². The number of rotatable bonds is 6. The Hall–Kier alpha value is -1.93. The van der Waals surface area contributed by atoms with Gasteiger partial charge in [-0.2, -0.15) is 5.10 Å². The summed E-state index contributed by atoms with van der Waals surface area (Å²) in [5.41, 5.74) is 0.755. The van der Waals surface area contributed by atoms with Crippen LogP contribution in [0.3, 0.4) is 0 Å². The first-order chi connectivity index (χ1) is 12.6. The van der Waals surface area contributed by atoms with Gasteiger partial charge in [-0.15, -0.1) is 0 Å². The number of amides is 1. The molecule has 0 spiro atoms. The smallest absolute Gasteiger partial charge is 0.268 e. The summed E-state index contributed by atoms with van der Waals surface area (Å²) in [4.78, 5) is 28.5. The van der Waals surface area contributed by atoms with E-state index in [2.05, 4.69) is 20.2 Å². The Morgan fingerprint density at radius 2 is 2.08 bits per heavy atom. The molecule has 0 aliphatic carbocycles. The number of hydrogen-bond donors (Lipinski definition) is 2. The van der Waals surface area contributed by atoms with E-state index < -0.39 is 0 Å². The number of aliphatic hydroxyl groups is 1. The highest BCUT2D eigenvalue weighted by atomic mass is 16.3. The number of nitrogens with zero attached hydrogens (tertiary/aromatic N) is 4. The Morgan fingerprint density at radius 3 is 2.77 bits per heavy atom. The van der Waals surface area contributed by atoms with E-state index in [1.807, 2.05) is 0 Å². The predicted octanol–water partition coefficient (Wildman–Crippen LogP) is -0.573. The molecular formula is C18H29N5O3. The molecule has 1 amide bonds. The number of piperidine rings is 1. The van der Waals surface area contributed by atoms with Gasteiger partial charge in [0.2, 0.25) is 5.91 Å². The van der Waals surface area contributed by atoms with E-state index in [9.17, 15) is 9.59 Å². The van der Waals surface area contributed by atoms with E-state index in [-0.39, 0.29) is 24.0 Å². The van der Waals surface area contributed by atoms with Gasteiger partial charge in [-0.1, -0.05) is 0 Å². The molecule has 144 valence electrons. The monoisotopic (exact) mass is 363 g/mol. The van der Waals surface area contributed by atoms with Crippen molar-refractivity contribution < 1.29 is 9.90 Å². The number of carbonyl (C=O) groups excluding carboxylic acids is 1. The third kappa shape index (κ3) is 4.62. The van der Waals surface area contributed by atoms with Crippen molar-refractivity contribution in [3.05, 3.63) is 22.6 Å². The van der Waals surface area contributed by atoms with Gasteiger partial charge in [0.05, 0.1) is 18.5 Å². The topological polar surface area (TPSA) is 90.7 Å². The zero-order valence-electron chi connectivity index (χ0n) is 15.4. The van der Waals surface area contributed by atoms with Crippen molar-refractivity contribution in [1.82, 2.24) is 20.0 Å². The molecule has 1 aromatic rings. The van der Waals surface area contributed by atoms with Crippen LogP contribution in [0.5, 0.6) is 0 Å². The van der Waals surface area contributed by atoms with Crippen LogP contribution in [0, 0.1) is 11.8 Å². The molecule has 2 aliphatic heterocycles. The fourth-order valence-electron chi connectivity index (χ4n) is 3.82. The summed E-state index contributed by atoms with van der Waals surface area (Å²) in [7, 11) is 1.64. The summed E-state index contributed by atoms with van der Waals surface area (Å²) in [5.74, 6) is 0.642. The van der Waals surface area contributed by atoms with Gasteiger partial charge in [-0.3, -0.25) is 9.59 Å². The first kappa shape index (κ1) is 18.8. The molecule has 3 rings (SSSR count).